The van der Waals surface area contributed by atoms with Crippen molar-refractivity contribution in [1.29, 1.82) is 0 Å². The highest BCUT2D eigenvalue weighted by molar-refractivity contribution is 8.11. The summed E-state index contributed by atoms with van der Waals surface area (Å²) in [5.74, 6) is 0.485. The van der Waals surface area contributed by atoms with Crippen LogP contribution in [0.3, 0.4) is 0 Å². The first-order valence-corrected chi connectivity index (χ1v) is 14.8. The van der Waals surface area contributed by atoms with E-state index in [0.29, 0.717) is 43.5 Å². The van der Waals surface area contributed by atoms with Crippen LogP contribution in [0.5, 0.6) is 5.75 Å². The molecule has 6 heteroatoms. The number of likely N-dealkylation sites (tertiary alicyclic amines) is 1. The number of ether oxygens (including phenoxy) is 1. The van der Waals surface area contributed by atoms with Crippen LogP contribution in [0.2, 0.25) is 0 Å². The fourth-order valence-electron chi connectivity index (χ4n) is 5.08. The molecule has 37 heavy (non-hydrogen) atoms. The first-order chi connectivity index (χ1) is 17.6. The standard InChI is InChI=1S/C31H48FNO3S/c1-8-14-28(26-15-12-13-16-27(26)36-29(32)23(7)10-3)37-25(11-4)20-33-19-24(22(5)6)18-31(21-33,17-9-2)30(34)35/h11-16,22-24,29H,8-10,17-21H2,1-7H3,(H,34,35)/b25-11-,28-14+/t23?,24?,29?,31-/m1/s1. The molecular weight excluding hydrogens is 485 g/mol. The third-order valence-corrected chi connectivity index (χ3v) is 8.85. The summed E-state index contributed by atoms with van der Waals surface area (Å²) in [6.07, 6.45) is 6.79. The number of alkyl halides is 1. The van der Waals surface area contributed by atoms with E-state index in [1.807, 2.05) is 45.0 Å². The lowest BCUT2D eigenvalue weighted by atomic mass is 9.70. The molecule has 0 saturated carbocycles. The number of aliphatic carboxylic acids is 1. The van der Waals surface area contributed by atoms with E-state index in [4.69, 9.17) is 4.74 Å². The molecule has 4 atom stereocenters. The summed E-state index contributed by atoms with van der Waals surface area (Å²) >= 11 is 1.68. The molecular formula is C31H48FNO3S. The van der Waals surface area contributed by atoms with Gasteiger partial charge in [-0.15, -0.1) is 0 Å². The van der Waals surface area contributed by atoms with Gasteiger partial charge in [0.2, 0.25) is 6.36 Å². The predicted octanol–water partition coefficient (Wildman–Crippen LogP) is 8.64. The van der Waals surface area contributed by atoms with Crippen molar-refractivity contribution in [3.63, 3.8) is 0 Å². The molecule has 1 fully saturated rings. The summed E-state index contributed by atoms with van der Waals surface area (Å²) in [7, 11) is 0. The second-order valence-corrected chi connectivity index (χ2v) is 12.1. The fourth-order valence-corrected chi connectivity index (χ4v) is 6.25. The molecule has 0 radical (unpaired) electrons. The molecule has 208 valence electrons. The molecule has 0 bridgehead atoms. The fraction of sp³-hybridized carbons (Fsp3) is 0.645. The molecule has 1 N–H and O–H groups in total. The van der Waals surface area contributed by atoms with Crippen LogP contribution in [-0.4, -0.2) is 42.0 Å². The van der Waals surface area contributed by atoms with Crippen molar-refractivity contribution in [2.45, 2.75) is 86.9 Å². The minimum atomic E-state index is -1.36. The largest absolute Gasteiger partial charge is 0.481 e. The molecule has 0 amide bonds. The van der Waals surface area contributed by atoms with Crippen LogP contribution in [-0.2, 0) is 4.79 Å². The zero-order chi connectivity index (χ0) is 27.6. The number of piperidine rings is 1. The molecule has 0 spiro atoms. The van der Waals surface area contributed by atoms with Crippen molar-refractivity contribution in [2.24, 2.45) is 23.2 Å². The lowest BCUT2D eigenvalue weighted by Gasteiger charge is -2.45. The summed E-state index contributed by atoms with van der Waals surface area (Å²) in [6, 6.07) is 7.67. The monoisotopic (exact) mass is 533 g/mol. The van der Waals surface area contributed by atoms with E-state index < -0.39 is 17.7 Å². The van der Waals surface area contributed by atoms with Gasteiger partial charge < -0.3 is 9.84 Å². The highest BCUT2D eigenvalue weighted by atomic mass is 32.2. The first-order valence-electron chi connectivity index (χ1n) is 14.0. The minimum Gasteiger partial charge on any atom is -0.481 e. The lowest BCUT2D eigenvalue weighted by molar-refractivity contribution is -0.155. The number of para-hydroxylation sites is 1. The van der Waals surface area contributed by atoms with Crippen molar-refractivity contribution in [2.75, 3.05) is 19.6 Å². The number of hydrogen-bond donors (Lipinski definition) is 1. The molecule has 4 nitrogen and oxygen atoms in total. The number of rotatable bonds is 14. The van der Waals surface area contributed by atoms with Gasteiger partial charge in [-0.3, -0.25) is 9.69 Å². The molecule has 1 aliphatic heterocycles. The highest BCUT2D eigenvalue weighted by Gasteiger charge is 2.45. The number of halogens is 1. The molecule has 1 aromatic carbocycles. The Morgan fingerprint density at radius 1 is 1.27 bits per heavy atom. The highest BCUT2D eigenvalue weighted by Crippen LogP contribution is 2.43. The number of benzene rings is 1. The molecule has 0 aromatic heterocycles. The van der Waals surface area contributed by atoms with E-state index in [2.05, 4.69) is 44.7 Å². The number of hydrogen-bond acceptors (Lipinski definition) is 4. The minimum absolute atomic E-state index is 0.184. The lowest BCUT2D eigenvalue weighted by Crippen LogP contribution is -2.52. The normalized spacial score (nSPS) is 23.2. The predicted molar refractivity (Wildman–Crippen MR) is 155 cm³/mol. The third kappa shape index (κ3) is 8.61. The number of nitrogens with zero attached hydrogens (tertiary/aromatic N) is 1. The van der Waals surface area contributed by atoms with Crippen LogP contribution in [0.25, 0.3) is 4.91 Å². The summed E-state index contributed by atoms with van der Waals surface area (Å²) in [4.78, 5) is 17.0. The smallest absolute Gasteiger partial charge is 0.310 e. The summed E-state index contributed by atoms with van der Waals surface area (Å²) < 4.78 is 20.5. The summed E-state index contributed by atoms with van der Waals surface area (Å²) in [6.45, 7) is 16.6. The van der Waals surface area contributed by atoms with Gasteiger partial charge in [-0.25, -0.2) is 4.39 Å². The zero-order valence-electron chi connectivity index (χ0n) is 23.9. The van der Waals surface area contributed by atoms with Gasteiger partial charge in [0.25, 0.3) is 0 Å². The number of allylic oxidation sites excluding steroid dienone is 2. The van der Waals surface area contributed by atoms with Gasteiger partial charge in [0.15, 0.2) is 0 Å². The molecule has 1 aliphatic rings. The van der Waals surface area contributed by atoms with Gasteiger partial charge in [0.05, 0.1) is 5.41 Å². The Labute approximate surface area is 228 Å². The van der Waals surface area contributed by atoms with E-state index in [9.17, 15) is 14.3 Å². The van der Waals surface area contributed by atoms with Crippen molar-refractivity contribution in [3.05, 3.63) is 46.9 Å². The Morgan fingerprint density at radius 3 is 2.54 bits per heavy atom. The van der Waals surface area contributed by atoms with Crippen molar-refractivity contribution < 1.29 is 19.0 Å². The van der Waals surface area contributed by atoms with Crippen molar-refractivity contribution in [3.8, 4) is 5.75 Å². The molecule has 0 aliphatic carbocycles. The molecule has 1 aromatic rings. The molecule has 2 rings (SSSR count). The first kappa shape index (κ1) is 31.4. The van der Waals surface area contributed by atoms with Gasteiger partial charge in [-0.05, 0) is 55.4 Å². The van der Waals surface area contributed by atoms with E-state index in [1.165, 1.54) is 0 Å². The zero-order valence-corrected chi connectivity index (χ0v) is 24.7. The Morgan fingerprint density at radius 2 is 1.97 bits per heavy atom. The quantitative estimate of drug-likeness (QED) is 0.259. The third-order valence-electron chi connectivity index (χ3n) is 7.61. The van der Waals surface area contributed by atoms with E-state index in [-0.39, 0.29) is 5.92 Å². The summed E-state index contributed by atoms with van der Waals surface area (Å²) in [5.41, 5.74) is 0.198. The Hall–Kier alpha value is -1.79. The van der Waals surface area contributed by atoms with E-state index >= 15 is 0 Å². The van der Waals surface area contributed by atoms with Gasteiger partial charge in [0.1, 0.15) is 5.75 Å². The number of thioether (sulfide) groups is 1. The second kappa shape index (κ2) is 15.0. The Kier molecular flexibility index (Phi) is 12.7. The molecule has 1 heterocycles. The molecule has 1 saturated heterocycles. The number of carbonyl (C=O) groups is 1. The molecule has 3 unspecified atom stereocenters. The summed E-state index contributed by atoms with van der Waals surface area (Å²) in [5, 5.41) is 10.3. The SMILES string of the molecule is C/C=C(/CN1CC(C(C)C)C[C@@](CCC)(C(=O)O)C1)S/C(=C/CC)c1ccccc1OC(F)C(C)CC. The second-order valence-electron chi connectivity index (χ2n) is 10.9. The van der Waals surface area contributed by atoms with Gasteiger partial charge >= 0.3 is 5.97 Å². The van der Waals surface area contributed by atoms with E-state index in [0.717, 1.165) is 41.2 Å². The Bertz CT molecular complexity index is 931. The van der Waals surface area contributed by atoms with Crippen molar-refractivity contribution in [1.82, 2.24) is 4.90 Å². The van der Waals surface area contributed by atoms with Gasteiger partial charge in [-0.2, -0.15) is 0 Å². The van der Waals surface area contributed by atoms with Gasteiger partial charge in [0, 0.05) is 36.0 Å². The topological polar surface area (TPSA) is 49.8 Å². The van der Waals surface area contributed by atoms with Crippen LogP contribution < -0.4 is 4.74 Å². The van der Waals surface area contributed by atoms with Crippen LogP contribution in [0.4, 0.5) is 4.39 Å². The van der Waals surface area contributed by atoms with Gasteiger partial charge in [-0.1, -0.05) is 90.1 Å². The number of carboxylic acid groups (broad SMARTS) is 1. The van der Waals surface area contributed by atoms with Crippen LogP contribution >= 0.6 is 11.8 Å². The van der Waals surface area contributed by atoms with Crippen LogP contribution in [0, 0.1) is 23.2 Å². The number of carboxylic acids is 1. The average Bonchev–Trinajstić information content (AvgIpc) is 2.87. The average molecular weight is 534 g/mol. The maximum atomic E-state index is 14.7. The van der Waals surface area contributed by atoms with Crippen LogP contribution in [0.15, 0.2) is 41.3 Å². The van der Waals surface area contributed by atoms with Crippen molar-refractivity contribution >= 4 is 22.6 Å². The Balaban J connectivity index is 2.29. The van der Waals surface area contributed by atoms with E-state index in [1.54, 1.807) is 11.8 Å². The van der Waals surface area contributed by atoms with Crippen LogP contribution in [0.1, 0.15) is 86.1 Å². The maximum Gasteiger partial charge on any atom is 0.310 e. The maximum absolute atomic E-state index is 14.7.